The van der Waals surface area contributed by atoms with Crippen LogP contribution in [0.3, 0.4) is 0 Å². The number of rotatable bonds is 0. The van der Waals surface area contributed by atoms with Crippen LogP contribution in [0, 0.1) is 57.2 Å². The molecule has 0 aromatic carbocycles. The Morgan fingerprint density at radius 3 is 2.62 bits per heavy atom. The van der Waals surface area contributed by atoms with Gasteiger partial charge in [-0.05, 0) is 91.9 Å². The van der Waals surface area contributed by atoms with Gasteiger partial charge >= 0.3 is 0 Å². The predicted octanol–water partition coefficient (Wildman–Crippen LogP) is 4.90. The molecule has 24 heavy (non-hydrogen) atoms. The van der Waals surface area contributed by atoms with Gasteiger partial charge in [-0.15, -0.1) is 0 Å². The molecule has 0 N–H and O–H groups in total. The van der Waals surface area contributed by atoms with Gasteiger partial charge in [0.15, 0.2) is 5.78 Å². The van der Waals surface area contributed by atoms with Gasteiger partial charge in [0.05, 0.1) is 11.5 Å². The number of ketones is 1. The summed E-state index contributed by atoms with van der Waals surface area (Å²) in [6.45, 7) is 7.17. The van der Waals surface area contributed by atoms with Gasteiger partial charge < -0.3 is 0 Å². The first kappa shape index (κ1) is 15.2. The number of carbonyl (C=O) groups is 1. The summed E-state index contributed by atoms with van der Waals surface area (Å²) >= 11 is 0. The highest BCUT2D eigenvalue weighted by Gasteiger charge is 2.75. The quantitative estimate of drug-likeness (QED) is 0.636. The van der Waals surface area contributed by atoms with Crippen LogP contribution in [0.4, 0.5) is 0 Å². The van der Waals surface area contributed by atoms with Gasteiger partial charge in [0.25, 0.3) is 0 Å². The molecule has 4 fully saturated rings. The Bertz CT molecular complexity index is 701. The molecule has 8 atom stereocenters. The van der Waals surface area contributed by atoms with Crippen molar-refractivity contribution in [2.24, 2.45) is 45.8 Å². The Morgan fingerprint density at radius 2 is 1.88 bits per heavy atom. The van der Waals surface area contributed by atoms with Crippen LogP contribution >= 0.6 is 0 Å². The highest BCUT2D eigenvalue weighted by Crippen LogP contribution is 2.79. The van der Waals surface area contributed by atoms with Crippen LogP contribution in [0.1, 0.15) is 65.7 Å². The fraction of sp³-hybridized carbons (Fsp3) is 0.818. The second-order valence-corrected chi connectivity index (χ2v) is 10.2. The first-order valence-corrected chi connectivity index (χ1v) is 10.0. The van der Waals surface area contributed by atoms with Crippen LogP contribution < -0.4 is 0 Å². The van der Waals surface area contributed by atoms with Crippen molar-refractivity contribution in [1.82, 2.24) is 0 Å². The molecule has 5 aliphatic rings. The van der Waals surface area contributed by atoms with Gasteiger partial charge in [-0.25, -0.2) is 0 Å². The lowest BCUT2D eigenvalue weighted by Crippen LogP contribution is -2.53. The number of nitriles is 1. The van der Waals surface area contributed by atoms with Crippen molar-refractivity contribution in [3.63, 3.8) is 0 Å². The molecular weight excluding hydrogens is 294 g/mol. The van der Waals surface area contributed by atoms with E-state index in [-0.39, 0.29) is 16.2 Å². The summed E-state index contributed by atoms with van der Waals surface area (Å²) in [5, 5.41) is 9.99. The monoisotopic (exact) mass is 323 g/mol. The third-order valence-corrected chi connectivity index (χ3v) is 9.67. The summed E-state index contributed by atoms with van der Waals surface area (Å²) in [5.41, 5.74) is 1.83. The molecule has 0 spiro atoms. The zero-order chi connectivity index (χ0) is 16.9. The Morgan fingerprint density at radius 1 is 1.08 bits per heavy atom. The molecule has 2 heteroatoms. The minimum absolute atomic E-state index is 0.104. The topological polar surface area (TPSA) is 40.9 Å². The van der Waals surface area contributed by atoms with Gasteiger partial charge in [-0.3, -0.25) is 4.79 Å². The van der Waals surface area contributed by atoms with Gasteiger partial charge in [0, 0.05) is 6.42 Å². The first-order chi connectivity index (χ1) is 11.3. The molecule has 0 amide bonds. The van der Waals surface area contributed by atoms with E-state index >= 15 is 0 Å². The number of nitrogens with zero attached hydrogens (tertiary/aromatic N) is 1. The Hall–Kier alpha value is -1.10. The molecule has 2 nitrogen and oxygen atoms in total. The molecule has 0 bridgehead atoms. The number of hydrogen-bond donors (Lipinski definition) is 0. The summed E-state index contributed by atoms with van der Waals surface area (Å²) in [7, 11) is 0. The van der Waals surface area contributed by atoms with Crippen molar-refractivity contribution < 1.29 is 4.79 Å². The molecule has 0 aromatic heterocycles. The molecule has 0 saturated heterocycles. The average Bonchev–Trinajstić information content (AvgIpc) is 3.31. The zero-order valence-electron chi connectivity index (χ0n) is 15.3. The van der Waals surface area contributed by atoms with Crippen LogP contribution in [0.25, 0.3) is 0 Å². The minimum atomic E-state index is -0.104. The lowest BCUT2D eigenvalue weighted by atomic mass is 9.44. The SMILES string of the molecule is C[C@]12CCC(=O)C=C1CC[C@H]1[C@@H]3[C@H]4C[C@H]4[C@](C)(C#N)[C@@]3(C)CC[C@@H]12. The van der Waals surface area contributed by atoms with Crippen molar-refractivity contribution in [1.29, 1.82) is 5.26 Å². The maximum Gasteiger partial charge on any atom is 0.155 e. The van der Waals surface area contributed by atoms with Crippen molar-refractivity contribution in [3.05, 3.63) is 11.6 Å². The van der Waals surface area contributed by atoms with E-state index in [4.69, 9.17) is 0 Å². The minimum Gasteiger partial charge on any atom is -0.295 e. The van der Waals surface area contributed by atoms with Crippen LogP contribution in [0.15, 0.2) is 11.6 Å². The smallest absolute Gasteiger partial charge is 0.155 e. The maximum absolute atomic E-state index is 11.9. The van der Waals surface area contributed by atoms with Crippen LogP contribution in [-0.4, -0.2) is 5.78 Å². The second-order valence-electron chi connectivity index (χ2n) is 10.2. The van der Waals surface area contributed by atoms with Gasteiger partial charge in [-0.2, -0.15) is 5.26 Å². The summed E-state index contributed by atoms with van der Waals surface area (Å²) in [5.74, 6) is 4.10. The number of fused-ring (bicyclic) bond motifs is 7. The number of hydrogen-bond acceptors (Lipinski definition) is 2. The van der Waals surface area contributed by atoms with E-state index in [9.17, 15) is 10.1 Å². The zero-order valence-corrected chi connectivity index (χ0v) is 15.3. The van der Waals surface area contributed by atoms with Crippen LogP contribution in [0.2, 0.25) is 0 Å². The molecule has 4 saturated carbocycles. The summed E-state index contributed by atoms with van der Waals surface area (Å²) < 4.78 is 0. The summed E-state index contributed by atoms with van der Waals surface area (Å²) in [4.78, 5) is 11.9. The largest absolute Gasteiger partial charge is 0.295 e. The molecule has 128 valence electrons. The molecule has 0 unspecified atom stereocenters. The van der Waals surface area contributed by atoms with Crippen LogP contribution in [0.5, 0.6) is 0 Å². The lowest BCUT2D eigenvalue weighted by Gasteiger charge is -2.59. The van der Waals surface area contributed by atoms with E-state index in [1.165, 1.54) is 31.3 Å². The second kappa shape index (κ2) is 4.35. The van der Waals surface area contributed by atoms with E-state index < -0.39 is 0 Å². The van der Waals surface area contributed by atoms with Crippen LogP contribution in [-0.2, 0) is 4.79 Å². The molecule has 0 radical (unpaired) electrons. The highest BCUT2D eigenvalue weighted by molar-refractivity contribution is 5.91. The van der Waals surface area contributed by atoms with E-state index in [0.29, 0.717) is 11.7 Å². The Balaban J connectivity index is 1.55. The summed E-state index contributed by atoms with van der Waals surface area (Å²) in [6.07, 6.45) is 9.95. The Kier molecular flexibility index (Phi) is 2.75. The summed E-state index contributed by atoms with van der Waals surface area (Å²) in [6, 6.07) is 2.78. The predicted molar refractivity (Wildman–Crippen MR) is 92.8 cm³/mol. The molecule has 5 rings (SSSR count). The molecule has 0 aromatic rings. The van der Waals surface area contributed by atoms with E-state index in [2.05, 4.69) is 26.8 Å². The van der Waals surface area contributed by atoms with Crippen molar-refractivity contribution in [3.8, 4) is 6.07 Å². The molecule has 5 aliphatic carbocycles. The first-order valence-electron chi connectivity index (χ1n) is 10.0. The highest BCUT2D eigenvalue weighted by atomic mass is 16.1. The van der Waals surface area contributed by atoms with Crippen molar-refractivity contribution in [2.45, 2.75) is 65.7 Å². The Labute approximate surface area is 145 Å². The van der Waals surface area contributed by atoms with Crippen molar-refractivity contribution in [2.75, 3.05) is 0 Å². The van der Waals surface area contributed by atoms with E-state index in [1.807, 2.05) is 6.08 Å². The molecular formula is C22H29NO. The van der Waals surface area contributed by atoms with Gasteiger partial charge in [0.2, 0.25) is 0 Å². The normalized spacial score (nSPS) is 57.8. The number of allylic oxidation sites excluding steroid dienone is 1. The number of carbonyl (C=O) groups excluding carboxylic acids is 1. The van der Waals surface area contributed by atoms with Crippen molar-refractivity contribution >= 4 is 5.78 Å². The fourth-order valence-corrected chi connectivity index (χ4v) is 8.11. The third kappa shape index (κ3) is 1.52. The average molecular weight is 323 g/mol. The third-order valence-electron chi connectivity index (χ3n) is 9.67. The van der Waals surface area contributed by atoms with Gasteiger partial charge in [0.1, 0.15) is 0 Å². The molecule has 0 heterocycles. The van der Waals surface area contributed by atoms with E-state index in [0.717, 1.165) is 42.9 Å². The maximum atomic E-state index is 11.9. The lowest BCUT2D eigenvalue weighted by molar-refractivity contribution is -0.118. The van der Waals surface area contributed by atoms with E-state index in [1.54, 1.807) is 0 Å². The van der Waals surface area contributed by atoms with Gasteiger partial charge in [-0.1, -0.05) is 19.4 Å². The molecule has 0 aliphatic heterocycles. The fourth-order valence-electron chi connectivity index (χ4n) is 8.11. The standard InChI is InChI=1S/C22H29NO/c1-20-8-6-14(24)10-13(20)4-5-15-17(20)7-9-21(2)19(15)16-11-18(16)22(21,3)12-23/h10,15-19H,4-9,11H2,1-3H3/t15-,16+,17+,18-,19-,20+,21+,22+/m1/s1.